The largest absolute Gasteiger partial charge is 0.282 e. The lowest BCUT2D eigenvalue weighted by Crippen LogP contribution is -2.12. The summed E-state index contributed by atoms with van der Waals surface area (Å²) >= 11 is 3.12. The van der Waals surface area contributed by atoms with E-state index in [1.165, 1.54) is 12.1 Å². The van der Waals surface area contributed by atoms with Crippen LogP contribution >= 0.6 is 15.9 Å². The van der Waals surface area contributed by atoms with Crippen molar-refractivity contribution in [3.63, 3.8) is 0 Å². The Morgan fingerprint density at radius 1 is 1.47 bits per heavy atom. The molecule has 0 bridgehead atoms. The van der Waals surface area contributed by atoms with Crippen LogP contribution in [0, 0.1) is 5.82 Å². The first-order chi connectivity index (χ1) is 6.83. The molecule has 0 saturated carbocycles. The molecule has 1 N–H and O–H groups in total. The summed E-state index contributed by atoms with van der Waals surface area (Å²) in [4.78, 5) is 0. The lowest BCUT2D eigenvalue weighted by Gasteiger charge is -2.11. The van der Waals surface area contributed by atoms with E-state index in [2.05, 4.69) is 20.7 Å². The van der Waals surface area contributed by atoms with Gasteiger partial charge in [-0.3, -0.25) is 4.72 Å². The molecule has 6 heteroatoms. The minimum absolute atomic E-state index is 0.391. The number of rotatable bonds is 3. The second kappa shape index (κ2) is 4.49. The zero-order chi connectivity index (χ0) is 11.6. The molecule has 0 spiro atoms. The molecule has 1 aromatic rings. The first kappa shape index (κ1) is 12.4. The van der Waals surface area contributed by atoms with Crippen LogP contribution in [0.2, 0.25) is 0 Å². The van der Waals surface area contributed by atoms with E-state index in [0.29, 0.717) is 22.1 Å². The second-order valence-corrected chi connectivity index (χ2v) is 5.75. The second-order valence-electron chi connectivity index (χ2n) is 3.15. The summed E-state index contributed by atoms with van der Waals surface area (Å²) in [6, 6.07) is 2.55. The van der Waals surface area contributed by atoms with Crippen molar-refractivity contribution < 1.29 is 12.8 Å². The number of sulfonamides is 1. The number of halogens is 2. The molecule has 0 radical (unpaired) electrons. The molecule has 1 aromatic carbocycles. The Morgan fingerprint density at radius 2 is 2.07 bits per heavy atom. The van der Waals surface area contributed by atoms with E-state index in [1.54, 1.807) is 0 Å². The van der Waals surface area contributed by atoms with Crippen LogP contribution in [0.1, 0.15) is 12.5 Å². The summed E-state index contributed by atoms with van der Waals surface area (Å²) in [5.74, 6) is -0.391. The number of benzene rings is 1. The number of hydrogen-bond acceptors (Lipinski definition) is 2. The third kappa shape index (κ3) is 3.46. The van der Waals surface area contributed by atoms with E-state index < -0.39 is 15.8 Å². The molecule has 0 heterocycles. The standard InChI is InChI=1S/C9H11BrFNO2S/c1-3-6-4-7(11)5-8(10)9(6)12-15(2,13)14/h4-5,12H,3H2,1-2H3. The molecule has 0 aliphatic rings. The van der Waals surface area contributed by atoms with Gasteiger partial charge in [0.2, 0.25) is 10.0 Å². The smallest absolute Gasteiger partial charge is 0.229 e. The van der Waals surface area contributed by atoms with E-state index in [4.69, 9.17) is 0 Å². The lowest BCUT2D eigenvalue weighted by molar-refractivity contribution is 0.606. The van der Waals surface area contributed by atoms with Crippen LogP contribution in [0.25, 0.3) is 0 Å². The van der Waals surface area contributed by atoms with E-state index in [-0.39, 0.29) is 0 Å². The first-order valence-corrected chi connectivity index (χ1v) is 6.97. The normalized spacial score (nSPS) is 11.5. The number of anilines is 1. The fraction of sp³-hybridized carbons (Fsp3) is 0.333. The van der Waals surface area contributed by atoms with Crippen LogP contribution in [0.4, 0.5) is 10.1 Å². The van der Waals surface area contributed by atoms with E-state index in [0.717, 1.165) is 6.26 Å². The lowest BCUT2D eigenvalue weighted by atomic mass is 10.1. The Bertz CT molecular complexity index is 473. The van der Waals surface area contributed by atoms with Crippen LogP contribution < -0.4 is 4.72 Å². The highest BCUT2D eigenvalue weighted by atomic mass is 79.9. The fourth-order valence-electron chi connectivity index (χ4n) is 1.21. The van der Waals surface area contributed by atoms with Gasteiger partial charge < -0.3 is 0 Å². The molecule has 0 aromatic heterocycles. The van der Waals surface area contributed by atoms with Crippen LogP contribution in [0.5, 0.6) is 0 Å². The van der Waals surface area contributed by atoms with Gasteiger partial charge in [0.1, 0.15) is 5.82 Å². The van der Waals surface area contributed by atoms with Gasteiger partial charge in [0, 0.05) is 4.47 Å². The van der Waals surface area contributed by atoms with Crippen molar-refractivity contribution >= 4 is 31.6 Å². The van der Waals surface area contributed by atoms with Gasteiger partial charge in [-0.2, -0.15) is 0 Å². The summed E-state index contributed by atoms with van der Waals surface area (Å²) in [7, 11) is -3.35. The van der Waals surface area contributed by atoms with Crippen LogP contribution in [0.15, 0.2) is 16.6 Å². The first-order valence-electron chi connectivity index (χ1n) is 4.29. The molecule has 0 unspecified atom stereocenters. The van der Waals surface area contributed by atoms with Gasteiger partial charge in [-0.25, -0.2) is 12.8 Å². The molecule has 15 heavy (non-hydrogen) atoms. The highest BCUT2D eigenvalue weighted by Crippen LogP contribution is 2.29. The van der Waals surface area contributed by atoms with Gasteiger partial charge in [0.15, 0.2) is 0 Å². The van der Waals surface area contributed by atoms with Crippen molar-refractivity contribution in [2.45, 2.75) is 13.3 Å². The monoisotopic (exact) mass is 295 g/mol. The van der Waals surface area contributed by atoms with Crippen LogP contribution in [-0.2, 0) is 16.4 Å². The summed E-state index contributed by atoms with van der Waals surface area (Å²) < 4.78 is 37.9. The Kier molecular flexibility index (Phi) is 3.72. The van der Waals surface area contributed by atoms with Crippen LogP contribution in [0.3, 0.4) is 0 Å². The highest BCUT2D eigenvalue weighted by Gasteiger charge is 2.11. The van der Waals surface area contributed by atoms with Gasteiger partial charge >= 0.3 is 0 Å². The van der Waals surface area contributed by atoms with Crippen molar-refractivity contribution in [3.8, 4) is 0 Å². The Labute approximate surface area is 96.9 Å². The summed E-state index contributed by atoms with van der Waals surface area (Å²) in [5, 5.41) is 0. The van der Waals surface area contributed by atoms with Crippen molar-refractivity contribution in [1.29, 1.82) is 0 Å². The summed E-state index contributed by atoms with van der Waals surface area (Å²) in [5.41, 5.74) is 1.02. The number of aryl methyl sites for hydroxylation is 1. The third-order valence-electron chi connectivity index (χ3n) is 1.81. The average molecular weight is 296 g/mol. The fourth-order valence-corrected chi connectivity index (χ4v) is 2.52. The summed E-state index contributed by atoms with van der Waals surface area (Å²) in [6.07, 6.45) is 1.61. The SMILES string of the molecule is CCc1cc(F)cc(Br)c1NS(C)(=O)=O. The Morgan fingerprint density at radius 3 is 2.53 bits per heavy atom. The van der Waals surface area contributed by atoms with Crippen LogP contribution in [-0.4, -0.2) is 14.7 Å². The predicted octanol–water partition coefficient (Wildman–Crippen LogP) is 2.52. The highest BCUT2D eigenvalue weighted by molar-refractivity contribution is 9.10. The van der Waals surface area contributed by atoms with Gasteiger partial charge in [0.05, 0.1) is 11.9 Å². The van der Waals surface area contributed by atoms with Gasteiger partial charge in [-0.05, 0) is 40.0 Å². The molecule has 84 valence electrons. The molecule has 0 aliphatic heterocycles. The third-order valence-corrected chi connectivity index (χ3v) is 3.01. The van der Waals surface area contributed by atoms with Crippen molar-refractivity contribution in [2.24, 2.45) is 0 Å². The zero-order valence-corrected chi connectivity index (χ0v) is 10.7. The molecule has 3 nitrogen and oxygen atoms in total. The maximum atomic E-state index is 13.0. The van der Waals surface area contributed by atoms with Gasteiger partial charge in [0.25, 0.3) is 0 Å². The van der Waals surface area contributed by atoms with Gasteiger partial charge in [-0.15, -0.1) is 0 Å². The number of hydrogen-bond donors (Lipinski definition) is 1. The van der Waals surface area contributed by atoms with Crippen molar-refractivity contribution in [2.75, 3.05) is 11.0 Å². The molecule has 1 rings (SSSR count). The molecule has 0 aliphatic carbocycles. The Hall–Kier alpha value is -0.620. The van der Waals surface area contributed by atoms with Gasteiger partial charge in [-0.1, -0.05) is 6.92 Å². The molecule has 0 saturated heterocycles. The van der Waals surface area contributed by atoms with E-state index >= 15 is 0 Å². The zero-order valence-electron chi connectivity index (χ0n) is 8.34. The topological polar surface area (TPSA) is 46.2 Å². The van der Waals surface area contributed by atoms with E-state index in [1.807, 2.05) is 6.92 Å². The maximum Gasteiger partial charge on any atom is 0.229 e. The molecule has 0 fully saturated rings. The van der Waals surface area contributed by atoms with E-state index in [9.17, 15) is 12.8 Å². The molecular weight excluding hydrogens is 285 g/mol. The Balaban J connectivity index is 3.27. The molecule has 0 atom stereocenters. The van der Waals surface area contributed by atoms with Crippen molar-refractivity contribution in [3.05, 3.63) is 28.0 Å². The minimum atomic E-state index is -3.35. The van der Waals surface area contributed by atoms with Crippen molar-refractivity contribution in [1.82, 2.24) is 0 Å². The molecule has 0 amide bonds. The quantitative estimate of drug-likeness (QED) is 0.931. The minimum Gasteiger partial charge on any atom is -0.282 e. The molecular formula is C9H11BrFNO2S. The average Bonchev–Trinajstić information content (AvgIpc) is 2.07. The summed E-state index contributed by atoms with van der Waals surface area (Å²) in [6.45, 7) is 1.83. The number of nitrogens with one attached hydrogen (secondary N) is 1. The predicted molar refractivity (Wildman–Crippen MR) is 61.9 cm³/mol. The maximum absolute atomic E-state index is 13.0.